The topological polar surface area (TPSA) is 53.6 Å². The van der Waals surface area contributed by atoms with E-state index in [1.54, 1.807) is 6.33 Å². The zero-order valence-corrected chi connectivity index (χ0v) is 5.67. The molecule has 4 heteroatoms. The van der Waals surface area contributed by atoms with Gasteiger partial charge in [-0.15, -0.1) is 10.2 Å². The molecule has 0 radical (unpaired) electrons. The van der Waals surface area contributed by atoms with E-state index < -0.39 is 0 Å². The van der Waals surface area contributed by atoms with Gasteiger partial charge in [0.1, 0.15) is 12.2 Å². The Kier molecular flexibility index (Phi) is 1.39. The number of nitrogens with zero attached hydrogens (tertiary/aromatic N) is 2. The summed E-state index contributed by atoms with van der Waals surface area (Å²) in [6.07, 6.45) is 4.04. The van der Waals surface area contributed by atoms with E-state index >= 15 is 0 Å². The van der Waals surface area contributed by atoms with Crippen LogP contribution in [0.5, 0.6) is 0 Å². The first kappa shape index (κ1) is 5.85. The summed E-state index contributed by atoms with van der Waals surface area (Å²) in [5.41, 5.74) is 0. The van der Waals surface area contributed by atoms with Crippen LogP contribution in [0.3, 0.4) is 0 Å². The summed E-state index contributed by atoms with van der Waals surface area (Å²) >= 11 is 0. The van der Waals surface area contributed by atoms with Gasteiger partial charge < -0.3 is 10.3 Å². The van der Waals surface area contributed by atoms with E-state index in [1.165, 1.54) is 12.8 Å². The highest BCUT2D eigenvalue weighted by Crippen LogP contribution is 2.18. The Morgan fingerprint density at radius 1 is 1.60 bits per heavy atom. The van der Waals surface area contributed by atoms with E-state index in [-0.39, 0.29) is 0 Å². The van der Waals surface area contributed by atoms with E-state index in [1.807, 2.05) is 0 Å². The van der Waals surface area contributed by atoms with Gasteiger partial charge >= 0.3 is 0 Å². The highest BCUT2D eigenvalue weighted by atomic mass is 15.2. The Morgan fingerprint density at radius 3 is 3.20 bits per heavy atom. The zero-order chi connectivity index (χ0) is 6.81. The highest BCUT2D eigenvalue weighted by molar-refractivity contribution is 4.93. The maximum Gasteiger partial charge on any atom is 0.147 e. The van der Waals surface area contributed by atoms with Gasteiger partial charge in [-0.05, 0) is 19.4 Å². The lowest BCUT2D eigenvalue weighted by Crippen LogP contribution is -2.14. The third kappa shape index (κ3) is 0.903. The highest BCUT2D eigenvalue weighted by Gasteiger charge is 2.17. The summed E-state index contributed by atoms with van der Waals surface area (Å²) < 4.78 is 0. The van der Waals surface area contributed by atoms with Crippen molar-refractivity contribution in [3.8, 4) is 0 Å². The van der Waals surface area contributed by atoms with Crippen LogP contribution in [0, 0.1) is 0 Å². The maximum atomic E-state index is 3.93. The molecule has 1 saturated heterocycles. The van der Waals surface area contributed by atoms with Crippen LogP contribution in [0.15, 0.2) is 6.33 Å². The molecule has 2 rings (SSSR count). The number of rotatable bonds is 1. The number of nitrogens with one attached hydrogen (secondary N) is 2. The predicted molar refractivity (Wildman–Crippen MR) is 36.4 cm³/mol. The van der Waals surface area contributed by atoms with Gasteiger partial charge in [-0.2, -0.15) is 0 Å². The molecule has 54 valence electrons. The molecule has 2 N–H and O–H groups in total. The zero-order valence-electron chi connectivity index (χ0n) is 5.67. The molecule has 0 aromatic carbocycles. The maximum absolute atomic E-state index is 3.93. The van der Waals surface area contributed by atoms with Gasteiger partial charge in [-0.25, -0.2) is 0 Å². The minimum atomic E-state index is 0.419. The number of hydrogen-bond acceptors (Lipinski definition) is 3. The molecule has 4 nitrogen and oxygen atoms in total. The fourth-order valence-electron chi connectivity index (χ4n) is 1.30. The minimum Gasteiger partial charge on any atom is -0.330 e. The molecule has 1 atom stereocenters. The molecule has 0 bridgehead atoms. The molecular weight excluding hydrogens is 128 g/mol. The van der Waals surface area contributed by atoms with Crippen LogP contribution >= 0.6 is 0 Å². The van der Waals surface area contributed by atoms with Crippen molar-refractivity contribution >= 4 is 0 Å². The molecule has 1 aliphatic rings. The van der Waals surface area contributed by atoms with Crippen molar-refractivity contribution in [3.05, 3.63) is 12.2 Å². The van der Waals surface area contributed by atoms with Crippen molar-refractivity contribution in [2.75, 3.05) is 6.54 Å². The lowest BCUT2D eigenvalue weighted by atomic mass is 10.2. The molecule has 1 aromatic rings. The third-order valence-corrected chi connectivity index (χ3v) is 1.83. The monoisotopic (exact) mass is 138 g/mol. The van der Waals surface area contributed by atoms with Crippen LogP contribution in [-0.2, 0) is 0 Å². The van der Waals surface area contributed by atoms with Gasteiger partial charge in [0, 0.05) is 0 Å². The molecule has 2 heterocycles. The van der Waals surface area contributed by atoms with Crippen LogP contribution in [0.4, 0.5) is 0 Å². The van der Waals surface area contributed by atoms with Crippen molar-refractivity contribution in [1.82, 2.24) is 20.5 Å². The summed E-state index contributed by atoms with van der Waals surface area (Å²) in [5.74, 6) is 0.970. The number of aromatic nitrogens is 3. The largest absolute Gasteiger partial charge is 0.330 e. The smallest absolute Gasteiger partial charge is 0.147 e. The second kappa shape index (κ2) is 2.38. The normalized spacial score (nSPS) is 25.4. The lowest BCUT2D eigenvalue weighted by molar-refractivity contribution is 0.608. The summed E-state index contributed by atoms with van der Waals surface area (Å²) in [5, 5.41) is 11.0. The first-order valence-corrected chi connectivity index (χ1v) is 3.56. The molecular formula is C6H10N4. The Bertz CT molecular complexity index is 188. The van der Waals surface area contributed by atoms with Gasteiger partial charge in [-0.3, -0.25) is 0 Å². The van der Waals surface area contributed by atoms with Crippen LogP contribution < -0.4 is 5.32 Å². The van der Waals surface area contributed by atoms with Crippen molar-refractivity contribution in [2.24, 2.45) is 0 Å². The van der Waals surface area contributed by atoms with Gasteiger partial charge in [0.2, 0.25) is 0 Å². The summed E-state index contributed by atoms with van der Waals surface area (Å²) in [7, 11) is 0. The average molecular weight is 138 g/mol. The lowest BCUT2D eigenvalue weighted by Gasteiger charge is -2.02. The minimum absolute atomic E-state index is 0.419. The summed E-state index contributed by atoms with van der Waals surface area (Å²) in [6, 6.07) is 0.419. The van der Waals surface area contributed by atoms with Crippen molar-refractivity contribution in [3.63, 3.8) is 0 Å². The Balaban J connectivity index is 2.12. The fourth-order valence-corrected chi connectivity index (χ4v) is 1.30. The van der Waals surface area contributed by atoms with Crippen LogP contribution in [-0.4, -0.2) is 21.7 Å². The van der Waals surface area contributed by atoms with Crippen LogP contribution in [0.25, 0.3) is 0 Å². The molecule has 10 heavy (non-hydrogen) atoms. The van der Waals surface area contributed by atoms with Gasteiger partial charge in [0.05, 0.1) is 6.04 Å². The van der Waals surface area contributed by atoms with Gasteiger partial charge in [0.15, 0.2) is 0 Å². The molecule has 0 saturated carbocycles. The molecule has 0 unspecified atom stereocenters. The average Bonchev–Trinajstić information content (AvgIpc) is 2.59. The summed E-state index contributed by atoms with van der Waals surface area (Å²) in [6.45, 7) is 1.10. The van der Waals surface area contributed by atoms with Crippen molar-refractivity contribution in [1.29, 1.82) is 0 Å². The molecule has 0 amide bonds. The third-order valence-electron chi connectivity index (χ3n) is 1.83. The molecule has 0 aliphatic carbocycles. The number of hydrogen-bond donors (Lipinski definition) is 2. The molecule has 1 fully saturated rings. The quantitative estimate of drug-likeness (QED) is 0.584. The predicted octanol–water partition coefficient (Wildman–Crippen LogP) is 0.229. The second-order valence-electron chi connectivity index (χ2n) is 2.52. The van der Waals surface area contributed by atoms with E-state index in [9.17, 15) is 0 Å². The number of aromatic amines is 1. The summed E-state index contributed by atoms with van der Waals surface area (Å²) in [4.78, 5) is 2.99. The second-order valence-corrected chi connectivity index (χ2v) is 2.52. The van der Waals surface area contributed by atoms with Gasteiger partial charge in [-0.1, -0.05) is 0 Å². The molecule has 1 aromatic heterocycles. The van der Waals surface area contributed by atoms with Crippen molar-refractivity contribution in [2.45, 2.75) is 18.9 Å². The molecule has 1 aliphatic heterocycles. The van der Waals surface area contributed by atoms with E-state index in [0.717, 1.165) is 12.4 Å². The fraction of sp³-hybridized carbons (Fsp3) is 0.667. The van der Waals surface area contributed by atoms with Crippen molar-refractivity contribution < 1.29 is 0 Å². The van der Waals surface area contributed by atoms with Crippen LogP contribution in [0.1, 0.15) is 24.7 Å². The Labute approximate surface area is 59.1 Å². The van der Waals surface area contributed by atoms with E-state index in [0.29, 0.717) is 6.04 Å². The Morgan fingerprint density at radius 2 is 2.60 bits per heavy atom. The van der Waals surface area contributed by atoms with E-state index in [4.69, 9.17) is 0 Å². The molecule has 0 spiro atoms. The number of H-pyrrole nitrogens is 1. The van der Waals surface area contributed by atoms with Gasteiger partial charge in [0.25, 0.3) is 0 Å². The standard InChI is InChI=1S/C6H10N4/c1-2-5(7-3-1)6-8-4-9-10-6/h4-5,7H,1-3H2,(H,8,9,10)/t5-/m0/s1. The van der Waals surface area contributed by atoms with E-state index in [2.05, 4.69) is 20.5 Å². The Hall–Kier alpha value is -0.900. The SMILES string of the molecule is c1nnc([C@@H]2CCCN2)[nH]1. The first-order valence-electron chi connectivity index (χ1n) is 3.56. The first-order chi connectivity index (χ1) is 4.97. The van der Waals surface area contributed by atoms with Crippen LogP contribution in [0.2, 0.25) is 0 Å².